The van der Waals surface area contributed by atoms with Crippen molar-refractivity contribution in [1.29, 1.82) is 0 Å². The average molecular weight is 247 g/mol. The Morgan fingerprint density at radius 3 is 2.33 bits per heavy atom. The molecule has 0 spiro atoms. The summed E-state index contributed by atoms with van der Waals surface area (Å²) in [5.74, 6) is 0. The molecule has 1 saturated heterocycles. The van der Waals surface area contributed by atoms with Crippen molar-refractivity contribution in [3.05, 3.63) is 35.4 Å². The Labute approximate surface area is 111 Å². The summed E-state index contributed by atoms with van der Waals surface area (Å²) < 4.78 is 0. The summed E-state index contributed by atoms with van der Waals surface area (Å²) in [6.07, 6.45) is 2.76. The maximum atomic E-state index is 5.60. The van der Waals surface area contributed by atoms with Crippen LogP contribution in [-0.2, 0) is 13.1 Å². The molecule has 0 unspecified atom stereocenters. The van der Waals surface area contributed by atoms with Gasteiger partial charge in [0.15, 0.2) is 0 Å². The van der Waals surface area contributed by atoms with E-state index in [0.717, 1.165) is 13.1 Å². The molecule has 3 nitrogen and oxygen atoms in total. The largest absolute Gasteiger partial charge is 0.326 e. The van der Waals surface area contributed by atoms with Crippen LogP contribution in [0.4, 0.5) is 0 Å². The lowest BCUT2D eigenvalue weighted by atomic mass is 10.1. The first-order chi connectivity index (χ1) is 8.78. The number of likely N-dealkylation sites (N-methyl/N-ethyl adjacent to an activating group) is 1. The second-order valence-corrected chi connectivity index (χ2v) is 5.31. The molecular formula is C15H25N3. The summed E-state index contributed by atoms with van der Waals surface area (Å²) in [5.41, 5.74) is 8.18. The van der Waals surface area contributed by atoms with E-state index in [1.165, 1.54) is 43.6 Å². The van der Waals surface area contributed by atoms with E-state index >= 15 is 0 Å². The van der Waals surface area contributed by atoms with Crippen molar-refractivity contribution in [1.82, 2.24) is 9.80 Å². The molecular weight excluding hydrogens is 222 g/mol. The van der Waals surface area contributed by atoms with Crippen molar-refractivity contribution in [2.45, 2.75) is 25.9 Å². The molecule has 1 heterocycles. The van der Waals surface area contributed by atoms with Crippen molar-refractivity contribution in [3.8, 4) is 0 Å². The first kappa shape index (κ1) is 13.5. The van der Waals surface area contributed by atoms with E-state index in [0.29, 0.717) is 6.54 Å². The van der Waals surface area contributed by atoms with Crippen LogP contribution in [0.5, 0.6) is 0 Å². The van der Waals surface area contributed by atoms with E-state index in [1.54, 1.807) is 0 Å². The second-order valence-electron chi connectivity index (χ2n) is 5.31. The molecule has 18 heavy (non-hydrogen) atoms. The highest BCUT2D eigenvalue weighted by atomic mass is 15.2. The molecule has 3 heteroatoms. The topological polar surface area (TPSA) is 32.5 Å². The van der Waals surface area contributed by atoms with Gasteiger partial charge in [-0.25, -0.2) is 0 Å². The van der Waals surface area contributed by atoms with Gasteiger partial charge in [0, 0.05) is 26.2 Å². The molecule has 0 aromatic heterocycles. The number of likely N-dealkylation sites (tertiary alicyclic amines) is 1. The van der Waals surface area contributed by atoms with E-state index in [-0.39, 0.29) is 0 Å². The van der Waals surface area contributed by atoms with Crippen LogP contribution in [0, 0.1) is 0 Å². The van der Waals surface area contributed by atoms with E-state index in [1.807, 2.05) is 0 Å². The summed E-state index contributed by atoms with van der Waals surface area (Å²) in [5, 5.41) is 0. The number of hydrogen-bond acceptors (Lipinski definition) is 3. The lowest BCUT2D eigenvalue weighted by Crippen LogP contribution is -2.31. The normalized spacial score (nSPS) is 16.6. The number of nitrogens with two attached hydrogens (primary N) is 1. The summed E-state index contributed by atoms with van der Waals surface area (Å²) in [7, 11) is 2.20. The highest BCUT2D eigenvalue weighted by molar-refractivity contribution is 5.22. The fourth-order valence-electron chi connectivity index (χ4n) is 2.49. The minimum Gasteiger partial charge on any atom is -0.326 e. The predicted octanol–water partition coefficient (Wildman–Crippen LogP) is 1.67. The molecule has 100 valence electrons. The Bertz CT molecular complexity index is 341. The SMILES string of the molecule is CN(CCN1CCCC1)Cc1ccc(CN)cc1. The maximum absolute atomic E-state index is 5.60. The van der Waals surface area contributed by atoms with Gasteiger partial charge in [-0.05, 0) is 44.1 Å². The quantitative estimate of drug-likeness (QED) is 0.830. The van der Waals surface area contributed by atoms with E-state index in [2.05, 4.69) is 41.1 Å². The van der Waals surface area contributed by atoms with Crippen molar-refractivity contribution in [2.75, 3.05) is 33.2 Å². The molecule has 1 aromatic rings. The molecule has 1 aromatic carbocycles. The Kier molecular flexibility index (Phi) is 5.17. The van der Waals surface area contributed by atoms with Crippen molar-refractivity contribution in [3.63, 3.8) is 0 Å². The van der Waals surface area contributed by atoms with Gasteiger partial charge in [-0.15, -0.1) is 0 Å². The molecule has 0 atom stereocenters. The van der Waals surface area contributed by atoms with Crippen LogP contribution in [0.25, 0.3) is 0 Å². The van der Waals surface area contributed by atoms with Crippen LogP contribution < -0.4 is 5.73 Å². The monoisotopic (exact) mass is 247 g/mol. The number of benzene rings is 1. The lowest BCUT2D eigenvalue weighted by Gasteiger charge is -2.21. The highest BCUT2D eigenvalue weighted by Gasteiger charge is 2.11. The molecule has 1 fully saturated rings. The van der Waals surface area contributed by atoms with Gasteiger partial charge < -0.3 is 15.5 Å². The number of nitrogens with zero attached hydrogens (tertiary/aromatic N) is 2. The third-order valence-electron chi connectivity index (χ3n) is 3.71. The lowest BCUT2D eigenvalue weighted by molar-refractivity contribution is 0.252. The summed E-state index contributed by atoms with van der Waals surface area (Å²) >= 11 is 0. The van der Waals surface area contributed by atoms with E-state index in [4.69, 9.17) is 5.73 Å². The van der Waals surface area contributed by atoms with Gasteiger partial charge in [0.25, 0.3) is 0 Å². The molecule has 0 saturated carbocycles. The van der Waals surface area contributed by atoms with Crippen molar-refractivity contribution < 1.29 is 0 Å². The molecule has 2 N–H and O–H groups in total. The fourth-order valence-corrected chi connectivity index (χ4v) is 2.49. The van der Waals surface area contributed by atoms with Crippen LogP contribution in [0.2, 0.25) is 0 Å². The third-order valence-corrected chi connectivity index (χ3v) is 3.71. The first-order valence-corrected chi connectivity index (χ1v) is 6.97. The third kappa shape index (κ3) is 4.09. The average Bonchev–Trinajstić information content (AvgIpc) is 2.90. The Morgan fingerprint density at radius 2 is 1.72 bits per heavy atom. The minimum absolute atomic E-state index is 0.630. The molecule has 0 radical (unpaired) electrons. The van der Waals surface area contributed by atoms with Gasteiger partial charge in [0.1, 0.15) is 0 Å². The molecule has 1 aliphatic heterocycles. The standard InChI is InChI=1S/C15H25N3/c1-17(10-11-18-8-2-3-9-18)13-15-6-4-14(12-16)5-7-15/h4-7H,2-3,8-13,16H2,1H3. The van der Waals surface area contributed by atoms with Gasteiger partial charge in [-0.3, -0.25) is 0 Å². The summed E-state index contributed by atoms with van der Waals surface area (Å²) in [6, 6.07) is 8.64. The zero-order valence-corrected chi connectivity index (χ0v) is 11.4. The summed E-state index contributed by atoms with van der Waals surface area (Å²) in [4.78, 5) is 4.96. The van der Waals surface area contributed by atoms with Crippen molar-refractivity contribution in [2.24, 2.45) is 5.73 Å². The van der Waals surface area contributed by atoms with Gasteiger partial charge in [-0.1, -0.05) is 24.3 Å². The summed E-state index contributed by atoms with van der Waals surface area (Å²) in [6.45, 7) is 6.60. The zero-order chi connectivity index (χ0) is 12.8. The predicted molar refractivity (Wildman–Crippen MR) is 76.3 cm³/mol. The van der Waals surface area contributed by atoms with Crippen molar-refractivity contribution >= 4 is 0 Å². The van der Waals surface area contributed by atoms with E-state index in [9.17, 15) is 0 Å². The molecule has 0 aliphatic carbocycles. The smallest absolute Gasteiger partial charge is 0.0231 e. The Hall–Kier alpha value is -0.900. The Morgan fingerprint density at radius 1 is 1.11 bits per heavy atom. The second kappa shape index (κ2) is 6.88. The van der Waals surface area contributed by atoms with Crippen LogP contribution in [0.3, 0.4) is 0 Å². The fraction of sp³-hybridized carbons (Fsp3) is 0.600. The number of rotatable bonds is 6. The molecule has 0 bridgehead atoms. The van der Waals surface area contributed by atoms with Gasteiger partial charge in [-0.2, -0.15) is 0 Å². The highest BCUT2D eigenvalue weighted by Crippen LogP contribution is 2.08. The first-order valence-electron chi connectivity index (χ1n) is 6.97. The Balaban J connectivity index is 1.73. The van der Waals surface area contributed by atoms with Crippen LogP contribution >= 0.6 is 0 Å². The van der Waals surface area contributed by atoms with Crippen LogP contribution in [0.15, 0.2) is 24.3 Å². The number of hydrogen-bond donors (Lipinski definition) is 1. The van der Waals surface area contributed by atoms with Crippen LogP contribution in [-0.4, -0.2) is 43.0 Å². The van der Waals surface area contributed by atoms with Gasteiger partial charge >= 0.3 is 0 Å². The molecule has 1 aliphatic rings. The minimum atomic E-state index is 0.630. The molecule has 2 rings (SSSR count). The maximum Gasteiger partial charge on any atom is 0.0231 e. The van der Waals surface area contributed by atoms with Gasteiger partial charge in [0.2, 0.25) is 0 Å². The van der Waals surface area contributed by atoms with E-state index < -0.39 is 0 Å². The zero-order valence-electron chi connectivity index (χ0n) is 11.4. The van der Waals surface area contributed by atoms with Crippen LogP contribution in [0.1, 0.15) is 24.0 Å². The molecule has 0 amide bonds. The van der Waals surface area contributed by atoms with Gasteiger partial charge in [0.05, 0.1) is 0 Å².